The van der Waals surface area contributed by atoms with Gasteiger partial charge in [-0.3, -0.25) is 4.79 Å². The molecule has 32 heavy (non-hydrogen) atoms. The molecule has 2 heterocycles. The van der Waals surface area contributed by atoms with Crippen molar-refractivity contribution in [2.75, 3.05) is 0 Å². The molecule has 5 heteroatoms. The molecule has 5 rings (SSSR count). The van der Waals surface area contributed by atoms with E-state index < -0.39 is 15.1 Å². The van der Waals surface area contributed by atoms with Crippen LogP contribution >= 0.6 is 0 Å². The Hall–Kier alpha value is -2.92. The molecule has 2 bridgehead atoms. The number of piperidine rings is 1. The first-order valence-electron chi connectivity index (χ1n) is 11.3. The van der Waals surface area contributed by atoms with Crippen LogP contribution in [0.5, 0.6) is 0 Å². The molecule has 164 valence electrons. The van der Waals surface area contributed by atoms with Crippen LogP contribution in [0, 0.1) is 0 Å². The highest BCUT2D eigenvalue weighted by Gasteiger charge is 2.46. The maximum Gasteiger partial charge on any atom is 0.227 e. The van der Waals surface area contributed by atoms with Crippen molar-refractivity contribution in [3.05, 3.63) is 90.5 Å². The van der Waals surface area contributed by atoms with Gasteiger partial charge >= 0.3 is 0 Å². The van der Waals surface area contributed by atoms with Crippen LogP contribution in [0.1, 0.15) is 31.2 Å². The molecule has 0 aromatic heterocycles. The largest absolute Gasteiger partial charge is 0.336 e. The Morgan fingerprint density at radius 2 is 1.28 bits per heavy atom. The van der Waals surface area contributed by atoms with Crippen LogP contribution in [0.4, 0.5) is 0 Å². The molecular weight excluding hydrogens is 418 g/mol. The van der Waals surface area contributed by atoms with Crippen molar-refractivity contribution in [2.24, 2.45) is 0 Å². The molecule has 2 fully saturated rings. The summed E-state index contributed by atoms with van der Waals surface area (Å²) < 4.78 is 26.2. The number of amides is 1. The molecule has 4 nitrogen and oxygen atoms in total. The van der Waals surface area contributed by atoms with Crippen LogP contribution in [-0.4, -0.2) is 36.6 Å². The fourth-order valence-electron chi connectivity index (χ4n) is 5.30. The van der Waals surface area contributed by atoms with Gasteiger partial charge < -0.3 is 4.90 Å². The average molecular weight is 446 g/mol. The first kappa shape index (κ1) is 21.0. The molecule has 2 aliphatic rings. The number of rotatable bonds is 5. The van der Waals surface area contributed by atoms with E-state index in [2.05, 4.69) is 24.3 Å². The lowest BCUT2D eigenvalue weighted by atomic mass is 9.99. The zero-order chi connectivity index (χ0) is 22.1. The molecule has 2 atom stereocenters. The first-order chi connectivity index (χ1) is 15.5. The van der Waals surface area contributed by atoms with Crippen LogP contribution in [0.2, 0.25) is 0 Å². The highest BCUT2D eigenvalue weighted by atomic mass is 32.2. The van der Waals surface area contributed by atoms with E-state index >= 15 is 0 Å². The second kappa shape index (κ2) is 8.55. The quantitative estimate of drug-likeness (QED) is 0.562. The SMILES string of the molecule is O=C(Cc1ccc(-c2ccccc2)cc1)N1C2CCC1CC(S(=O)(=O)c1ccccc1)C2. The summed E-state index contributed by atoms with van der Waals surface area (Å²) in [5, 5.41) is -0.406. The molecule has 1 amide bonds. The predicted octanol–water partition coefficient (Wildman–Crippen LogP) is 4.89. The minimum absolute atomic E-state index is 0.0216. The Bertz CT molecular complexity index is 1180. The molecule has 0 aliphatic carbocycles. The number of nitrogens with zero attached hydrogens (tertiary/aromatic N) is 1. The van der Waals surface area contributed by atoms with E-state index in [4.69, 9.17) is 0 Å². The number of carbonyl (C=O) groups excluding carboxylic acids is 1. The van der Waals surface area contributed by atoms with Crippen molar-refractivity contribution in [1.82, 2.24) is 4.90 Å². The van der Waals surface area contributed by atoms with Gasteiger partial charge in [0.1, 0.15) is 0 Å². The van der Waals surface area contributed by atoms with Gasteiger partial charge in [-0.15, -0.1) is 0 Å². The van der Waals surface area contributed by atoms with E-state index in [0.717, 1.165) is 29.5 Å². The Balaban J connectivity index is 1.27. The van der Waals surface area contributed by atoms with Crippen LogP contribution < -0.4 is 0 Å². The third kappa shape index (κ3) is 3.97. The number of carbonyl (C=O) groups is 1. The van der Waals surface area contributed by atoms with Crippen molar-refractivity contribution in [2.45, 2.75) is 54.3 Å². The fraction of sp³-hybridized carbons (Fsp3) is 0.296. The van der Waals surface area contributed by atoms with E-state index in [1.807, 2.05) is 41.3 Å². The van der Waals surface area contributed by atoms with E-state index in [0.29, 0.717) is 24.2 Å². The van der Waals surface area contributed by atoms with Gasteiger partial charge in [-0.05, 0) is 54.5 Å². The Kier molecular flexibility index (Phi) is 5.60. The highest BCUT2D eigenvalue weighted by molar-refractivity contribution is 7.92. The topological polar surface area (TPSA) is 54.5 Å². The molecule has 2 saturated heterocycles. The second-order valence-corrected chi connectivity index (χ2v) is 11.1. The number of hydrogen-bond acceptors (Lipinski definition) is 3. The summed E-state index contributed by atoms with van der Waals surface area (Å²) in [5.74, 6) is 0.112. The minimum atomic E-state index is -3.36. The summed E-state index contributed by atoms with van der Waals surface area (Å²) in [4.78, 5) is 15.6. The number of sulfone groups is 1. The fourth-order valence-corrected chi connectivity index (χ4v) is 7.17. The van der Waals surface area contributed by atoms with Crippen molar-refractivity contribution >= 4 is 15.7 Å². The van der Waals surface area contributed by atoms with E-state index in [1.54, 1.807) is 24.3 Å². The van der Waals surface area contributed by atoms with Crippen LogP contribution in [-0.2, 0) is 21.1 Å². The molecule has 2 aliphatic heterocycles. The lowest BCUT2D eigenvalue weighted by Crippen LogP contribution is -2.50. The number of fused-ring (bicyclic) bond motifs is 2. The zero-order valence-electron chi connectivity index (χ0n) is 17.9. The number of hydrogen-bond donors (Lipinski definition) is 0. The molecule has 0 radical (unpaired) electrons. The Morgan fingerprint density at radius 1 is 0.750 bits per heavy atom. The van der Waals surface area contributed by atoms with Crippen LogP contribution in [0.25, 0.3) is 11.1 Å². The van der Waals surface area contributed by atoms with E-state index in [9.17, 15) is 13.2 Å². The molecule has 0 spiro atoms. The van der Waals surface area contributed by atoms with Crippen molar-refractivity contribution < 1.29 is 13.2 Å². The summed E-state index contributed by atoms with van der Waals surface area (Å²) in [6.07, 6.45) is 3.21. The summed E-state index contributed by atoms with van der Waals surface area (Å²) in [7, 11) is -3.36. The third-order valence-corrected chi connectivity index (χ3v) is 9.10. The normalized spacial score (nSPS) is 22.6. The Morgan fingerprint density at radius 3 is 1.88 bits per heavy atom. The maximum absolute atomic E-state index is 13.2. The third-order valence-electron chi connectivity index (χ3n) is 6.90. The van der Waals surface area contributed by atoms with Gasteiger partial charge in [0.25, 0.3) is 0 Å². The first-order valence-corrected chi connectivity index (χ1v) is 12.8. The van der Waals surface area contributed by atoms with Crippen LogP contribution in [0.3, 0.4) is 0 Å². The van der Waals surface area contributed by atoms with E-state index in [-0.39, 0.29) is 18.0 Å². The van der Waals surface area contributed by atoms with Gasteiger partial charge in [0, 0.05) is 12.1 Å². The molecular formula is C27H27NO3S. The molecule has 2 unspecified atom stereocenters. The van der Waals surface area contributed by atoms with Gasteiger partial charge in [0.05, 0.1) is 16.6 Å². The molecule has 3 aromatic carbocycles. The van der Waals surface area contributed by atoms with Gasteiger partial charge in [0.15, 0.2) is 9.84 Å². The standard InChI is InChI=1S/C27H27NO3S/c29-27(17-20-11-13-22(14-12-20)21-7-3-1-4-8-21)28-23-15-16-24(28)19-26(18-23)32(30,31)25-9-5-2-6-10-25/h1-14,23-24,26H,15-19H2. The van der Waals surface area contributed by atoms with Crippen molar-refractivity contribution in [1.29, 1.82) is 0 Å². The molecule has 0 N–H and O–H groups in total. The number of benzene rings is 3. The average Bonchev–Trinajstić information content (AvgIpc) is 3.10. The lowest BCUT2D eigenvalue weighted by molar-refractivity contribution is -0.134. The van der Waals surface area contributed by atoms with Gasteiger partial charge in [-0.25, -0.2) is 8.42 Å². The summed E-state index contributed by atoms with van der Waals surface area (Å²) >= 11 is 0. The van der Waals surface area contributed by atoms with Gasteiger partial charge in [-0.1, -0.05) is 72.8 Å². The molecule has 3 aromatic rings. The molecule has 0 saturated carbocycles. The highest BCUT2D eigenvalue weighted by Crippen LogP contribution is 2.40. The summed E-state index contributed by atoms with van der Waals surface area (Å²) in [6.45, 7) is 0. The lowest BCUT2D eigenvalue weighted by Gasteiger charge is -2.38. The van der Waals surface area contributed by atoms with Gasteiger partial charge in [-0.2, -0.15) is 0 Å². The minimum Gasteiger partial charge on any atom is -0.336 e. The predicted molar refractivity (Wildman–Crippen MR) is 126 cm³/mol. The van der Waals surface area contributed by atoms with Crippen LogP contribution in [0.15, 0.2) is 89.8 Å². The smallest absolute Gasteiger partial charge is 0.227 e. The zero-order valence-corrected chi connectivity index (χ0v) is 18.7. The Labute approximate surface area is 189 Å². The van der Waals surface area contributed by atoms with Crippen molar-refractivity contribution in [3.63, 3.8) is 0 Å². The maximum atomic E-state index is 13.2. The van der Waals surface area contributed by atoms with Gasteiger partial charge in [0.2, 0.25) is 5.91 Å². The van der Waals surface area contributed by atoms with E-state index in [1.165, 1.54) is 0 Å². The summed E-state index contributed by atoms with van der Waals surface area (Å²) in [5.41, 5.74) is 3.28. The summed E-state index contributed by atoms with van der Waals surface area (Å²) in [6, 6.07) is 27.1. The second-order valence-electron chi connectivity index (χ2n) is 8.88. The van der Waals surface area contributed by atoms with Crippen molar-refractivity contribution in [3.8, 4) is 11.1 Å². The monoisotopic (exact) mass is 445 g/mol.